The Kier molecular flexibility index (Phi) is 157. The molecule has 1 rings (SSSR count). The number of hydrogen-bond acceptors (Lipinski definition) is 4. The molecule has 0 saturated carbocycles. The quantitative estimate of drug-likeness (QED) is 0.189. The number of phenolic OH excluding ortho intramolecular Hbond substituents is 1. The molecule has 0 aliphatic carbocycles. The Balaban J connectivity index is -0.0000000466. The van der Waals surface area contributed by atoms with Crippen LogP contribution in [-0.2, 0) is 11.2 Å². The monoisotopic (exact) mass is 553 g/mol. The molecule has 0 fully saturated rings. The van der Waals surface area contributed by atoms with Crippen LogP contribution in [0.2, 0.25) is 0 Å². The summed E-state index contributed by atoms with van der Waals surface area (Å²) in [6, 6.07) is 7.67. The Labute approximate surface area is 246 Å². The van der Waals surface area contributed by atoms with Crippen molar-refractivity contribution in [1.29, 1.82) is 0 Å². The van der Waals surface area contributed by atoms with Gasteiger partial charge < -0.3 is 20.1 Å². The van der Waals surface area contributed by atoms with E-state index in [1.807, 2.05) is 32.0 Å². The molecule has 0 aliphatic rings. The van der Waals surface area contributed by atoms with Crippen LogP contribution in [0.4, 0.5) is 0 Å². The van der Waals surface area contributed by atoms with E-state index in [-0.39, 0.29) is 13.2 Å². The van der Waals surface area contributed by atoms with Crippen LogP contribution in [0.1, 0.15) is 71.3 Å². The Bertz CT molecular complexity index is 428. The summed E-state index contributed by atoms with van der Waals surface area (Å²) in [6.07, 6.45) is 10.3. The molecular weight excluding hydrogens is 484 g/mol. The third-order valence-corrected chi connectivity index (χ3v) is 3.55. The first-order valence-electron chi connectivity index (χ1n) is 13.2. The van der Waals surface area contributed by atoms with Gasteiger partial charge in [0.25, 0.3) is 0 Å². The van der Waals surface area contributed by atoms with Gasteiger partial charge in [0.05, 0.1) is 13.2 Å². The number of unbranched alkanes of at least 4 members (excludes halogenated alkanes) is 6. The van der Waals surface area contributed by atoms with E-state index in [1.165, 1.54) is 44.9 Å². The molecule has 0 radical (unpaired) electrons. The first-order chi connectivity index (χ1) is 19.2. The summed E-state index contributed by atoms with van der Waals surface area (Å²) in [5.41, 5.74) is 1.09. The molecular formula is C35H68O4. The van der Waals surface area contributed by atoms with Crippen LogP contribution in [0.15, 0.2) is 116 Å². The third-order valence-electron chi connectivity index (χ3n) is 3.55. The van der Waals surface area contributed by atoms with E-state index >= 15 is 0 Å². The Morgan fingerprint density at radius 1 is 0.538 bits per heavy atom. The average Bonchev–Trinajstić information content (AvgIpc) is 3.05. The van der Waals surface area contributed by atoms with Crippen LogP contribution in [0.3, 0.4) is 0 Å². The summed E-state index contributed by atoms with van der Waals surface area (Å²) in [4.78, 5) is 0. The van der Waals surface area contributed by atoms with Gasteiger partial charge in [-0.05, 0) is 38.3 Å². The Morgan fingerprint density at radius 3 is 1.15 bits per heavy atom. The van der Waals surface area contributed by atoms with Crippen LogP contribution in [0.25, 0.3) is 0 Å². The lowest BCUT2D eigenvalue weighted by Gasteiger charge is -2.04. The number of aryl methyl sites for hydroxylation is 1. The normalized spacial score (nSPS) is 6.90. The number of hydrogen-bond donors (Lipinski definition) is 3. The molecule has 39 heavy (non-hydrogen) atoms. The van der Waals surface area contributed by atoms with E-state index in [0.717, 1.165) is 25.2 Å². The molecule has 1 aromatic carbocycles. The van der Waals surface area contributed by atoms with Crippen molar-refractivity contribution in [2.24, 2.45) is 0 Å². The van der Waals surface area contributed by atoms with Gasteiger partial charge in [0.1, 0.15) is 5.75 Å². The summed E-state index contributed by atoms with van der Waals surface area (Å²) >= 11 is 0. The molecule has 0 unspecified atom stereocenters. The summed E-state index contributed by atoms with van der Waals surface area (Å²) < 4.78 is 4.83. The molecule has 232 valence electrons. The van der Waals surface area contributed by atoms with Crippen molar-refractivity contribution in [3.8, 4) is 5.75 Å². The fourth-order valence-electron chi connectivity index (χ4n) is 2.20. The van der Waals surface area contributed by atoms with Crippen molar-refractivity contribution in [3.05, 3.63) is 122 Å². The lowest BCUT2D eigenvalue weighted by molar-refractivity contribution is 0.162. The first-order valence-corrected chi connectivity index (χ1v) is 13.2. The van der Waals surface area contributed by atoms with Crippen molar-refractivity contribution in [2.75, 3.05) is 26.4 Å². The largest absolute Gasteiger partial charge is 0.508 e. The molecule has 0 spiro atoms. The maximum atomic E-state index is 9.58. The van der Waals surface area contributed by atoms with Crippen LogP contribution in [0.5, 0.6) is 5.75 Å². The van der Waals surface area contributed by atoms with Gasteiger partial charge in [-0.1, -0.05) is 63.6 Å². The van der Waals surface area contributed by atoms with Crippen LogP contribution >= 0.6 is 0 Å². The van der Waals surface area contributed by atoms with Gasteiger partial charge >= 0.3 is 0 Å². The zero-order valence-corrected chi connectivity index (χ0v) is 26.4. The number of phenols is 1. The van der Waals surface area contributed by atoms with E-state index in [1.54, 1.807) is 6.07 Å². The SMILES string of the molecule is C=C.C=C.C=C.C=C.C=C.C=C.C=C.CCCCCCCCCc1ccccc1O.CCOCC.OCCO. The first kappa shape index (κ1) is 60.5. The van der Waals surface area contributed by atoms with Gasteiger partial charge in [0.15, 0.2) is 0 Å². The summed E-state index contributed by atoms with van der Waals surface area (Å²) in [7, 11) is 0. The molecule has 0 atom stereocenters. The number of ether oxygens (including phenoxy) is 1. The number of aliphatic hydroxyl groups excluding tert-OH is 2. The molecule has 0 saturated heterocycles. The highest BCUT2D eigenvalue weighted by atomic mass is 16.5. The van der Waals surface area contributed by atoms with Gasteiger partial charge in [-0.2, -0.15) is 0 Å². The number of aromatic hydroxyl groups is 1. The second-order valence-electron chi connectivity index (χ2n) is 5.73. The third kappa shape index (κ3) is 95.2. The van der Waals surface area contributed by atoms with E-state index in [9.17, 15) is 5.11 Å². The minimum atomic E-state index is -0.125. The molecule has 0 bridgehead atoms. The number of aliphatic hydroxyl groups is 2. The van der Waals surface area contributed by atoms with Gasteiger partial charge in [-0.3, -0.25) is 0 Å². The molecule has 0 amide bonds. The lowest BCUT2D eigenvalue weighted by Crippen LogP contribution is -1.87. The van der Waals surface area contributed by atoms with E-state index in [2.05, 4.69) is 99.0 Å². The van der Waals surface area contributed by atoms with Crippen molar-refractivity contribution < 1.29 is 20.1 Å². The fourth-order valence-corrected chi connectivity index (χ4v) is 2.20. The van der Waals surface area contributed by atoms with E-state index < -0.39 is 0 Å². The molecule has 0 aliphatic heterocycles. The van der Waals surface area contributed by atoms with Gasteiger partial charge in [-0.25, -0.2) is 0 Å². The molecule has 4 heteroatoms. The summed E-state index contributed by atoms with van der Waals surface area (Å²) in [5.74, 6) is 0.452. The van der Waals surface area contributed by atoms with Crippen LogP contribution in [0, 0.1) is 0 Å². The predicted molar refractivity (Wildman–Crippen MR) is 185 cm³/mol. The minimum absolute atomic E-state index is 0.125. The highest BCUT2D eigenvalue weighted by Crippen LogP contribution is 2.18. The Hall–Kier alpha value is -2.92. The van der Waals surface area contributed by atoms with Crippen molar-refractivity contribution in [2.45, 2.75) is 72.1 Å². The fraction of sp³-hybridized carbons (Fsp3) is 0.429. The van der Waals surface area contributed by atoms with Gasteiger partial charge in [-0.15, -0.1) is 92.1 Å². The van der Waals surface area contributed by atoms with Crippen molar-refractivity contribution in [3.63, 3.8) is 0 Å². The number of benzene rings is 1. The average molecular weight is 553 g/mol. The maximum absolute atomic E-state index is 9.58. The maximum Gasteiger partial charge on any atom is 0.118 e. The highest BCUT2D eigenvalue weighted by molar-refractivity contribution is 5.31. The van der Waals surface area contributed by atoms with Gasteiger partial charge in [0, 0.05) is 13.2 Å². The number of para-hydroxylation sites is 1. The molecule has 1 aromatic rings. The van der Waals surface area contributed by atoms with Crippen LogP contribution < -0.4 is 0 Å². The highest BCUT2D eigenvalue weighted by Gasteiger charge is 1.98. The molecule has 0 heterocycles. The molecule has 0 aromatic heterocycles. The molecule has 3 N–H and O–H groups in total. The standard InChI is InChI=1S/C15H24O.C4H10O.C2H6O2.7C2H4/c1-2-3-4-5-6-7-8-11-14-12-9-10-13-15(14)16;1-3-5-4-2;3-1-2-4;7*1-2/h9-10,12-13,16H,2-8,11H2,1H3;3-4H2,1-2H3;3-4H,1-2H2;7*1-2H2. The predicted octanol–water partition coefficient (Wildman–Crippen LogP) is 10.3. The second kappa shape index (κ2) is 101. The zero-order valence-electron chi connectivity index (χ0n) is 26.4. The van der Waals surface area contributed by atoms with Gasteiger partial charge in [0.2, 0.25) is 0 Å². The minimum Gasteiger partial charge on any atom is -0.508 e. The lowest BCUT2D eigenvalue weighted by atomic mass is 10.0. The number of rotatable bonds is 11. The van der Waals surface area contributed by atoms with Crippen LogP contribution in [-0.4, -0.2) is 41.7 Å². The smallest absolute Gasteiger partial charge is 0.118 e. The summed E-state index contributed by atoms with van der Waals surface area (Å²) in [5, 5.41) is 24.8. The summed E-state index contributed by atoms with van der Waals surface area (Å²) in [6.45, 7) is 49.7. The van der Waals surface area contributed by atoms with Crippen molar-refractivity contribution >= 4 is 0 Å². The second-order valence-corrected chi connectivity index (χ2v) is 5.73. The zero-order chi connectivity index (χ0) is 33.2. The van der Waals surface area contributed by atoms with Crippen molar-refractivity contribution in [1.82, 2.24) is 0 Å². The Morgan fingerprint density at radius 2 is 0.872 bits per heavy atom. The molecule has 4 nitrogen and oxygen atoms in total. The van der Waals surface area contributed by atoms with E-state index in [4.69, 9.17) is 14.9 Å². The van der Waals surface area contributed by atoms with E-state index in [0.29, 0.717) is 5.75 Å². The topological polar surface area (TPSA) is 69.9 Å².